The van der Waals surface area contributed by atoms with Crippen LogP contribution in [0.4, 0.5) is 4.39 Å². The van der Waals surface area contributed by atoms with E-state index in [1.807, 2.05) is 29.0 Å². The van der Waals surface area contributed by atoms with Crippen molar-refractivity contribution in [2.75, 3.05) is 33.4 Å². The number of nitrogens with zero attached hydrogens (tertiary/aromatic N) is 3. The van der Waals surface area contributed by atoms with Crippen molar-refractivity contribution in [1.82, 2.24) is 14.5 Å². The van der Waals surface area contributed by atoms with Crippen LogP contribution in [0.1, 0.15) is 24.8 Å². The van der Waals surface area contributed by atoms with Crippen LogP contribution in [0.15, 0.2) is 61.2 Å². The number of para-hydroxylation sites is 1. The fraction of sp³-hybridized carbons (Fsp3) is 0.423. The first kappa shape index (κ1) is 24.0. The lowest BCUT2D eigenvalue weighted by atomic mass is 9.96. The number of likely N-dealkylation sites (tertiary alicyclic amines) is 1. The summed E-state index contributed by atoms with van der Waals surface area (Å²) in [6.45, 7) is 3.62. The van der Waals surface area contributed by atoms with Gasteiger partial charge >= 0.3 is 0 Å². The lowest BCUT2D eigenvalue weighted by molar-refractivity contribution is -0.0177. The van der Waals surface area contributed by atoms with E-state index in [1.165, 1.54) is 6.07 Å². The highest BCUT2D eigenvalue weighted by Gasteiger charge is 2.31. The van der Waals surface area contributed by atoms with E-state index in [9.17, 15) is 9.50 Å². The van der Waals surface area contributed by atoms with Gasteiger partial charge in [-0.1, -0.05) is 18.2 Å². The number of hydrogen-bond donors (Lipinski definition) is 1. The largest absolute Gasteiger partial charge is 0.493 e. The average molecular weight is 470 g/mol. The highest BCUT2D eigenvalue weighted by Crippen LogP contribution is 2.30. The van der Waals surface area contributed by atoms with Crippen LogP contribution in [0.25, 0.3) is 0 Å². The van der Waals surface area contributed by atoms with Crippen molar-refractivity contribution < 1.29 is 23.7 Å². The lowest BCUT2D eigenvalue weighted by Crippen LogP contribution is -2.37. The minimum atomic E-state index is -0.974. The van der Waals surface area contributed by atoms with Crippen LogP contribution < -0.4 is 14.2 Å². The Morgan fingerprint density at radius 2 is 1.94 bits per heavy atom. The maximum absolute atomic E-state index is 13.9. The number of halogens is 1. The molecule has 0 bridgehead atoms. The van der Waals surface area contributed by atoms with Gasteiger partial charge in [-0.2, -0.15) is 0 Å². The molecule has 1 atom stereocenters. The van der Waals surface area contributed by atoms with Gasteiger partial charge in [-0.25, -0.2) is 9.37 Å². The number of aromatic nitrogens is 2. The van der Waals surface area contributed by atoms with Crippen LogP contribution in [0.5, 0.6) is 17.2 Å². The molecule has 1 aliphatic rings. The Hall–Kier alpha value is -3.10. The van der Waals surface area contributed by atoms with Gasteiger partial charge in [0, 0.05) is 25.5 Å². The molecular formula is C26H32FN3O4. The SMILES string of the molecule is COc1ccc(CN2CCCC(O)(COc3ccccc3F)CC2)cc1OCCn1ccnc1. The van der Waals surface area contributed by atoms with Crippen molar-refractivity contribution in [3.8, 4) is 17.2 Å². The number of methoxy groups -OCH3 is 1. The Bertz CT molecular complexity index is 1050. The molecule has 1 unspecified atom stereocenters. The van der Waals surface area contributed by atoms with Gasteiger partial charge < -0.3 is 23.9 Å². The normalized spacial score (nSPS) is 18.9. The Balaban J connectivity index is 1.32. The van der Waals surface area contributed by atoms with E-state index in [0.29, 0.717) is 37.5 Å². The Morgan fingerprint density at radius 1 is 1.06 bits per heavy atom. The standard InChI is InChI=1S/C26H32FN3O4/c1-32-24-8-7-21(17-25(24)33-16-15-30-14-11-28-20-30)18-29-12-4-9-26(31,10-13-29)19-34-23-6-3-2-5-22(23)27/h2-3,5-8,11,14,17,20,31H,4,9-10,12-13,15-16,18-19H2,1H3. The molecule has 2 heterocycles. The van der Waals surface area contributed by atoms with Gasteiger partial charge in [-0.15, -0.1) is 0 Å². The second kappa shape index (κ2) is 11.4. The predicted octanol–water partition coefficient (Wildman–Crippen LogP) is 3.91. The third kappa shape index (κ3) is 6.48. The van der Waals surface area contributed by atoms with E-state index in [4.69, 9.17) is 14.2 Å². The topological polar surface area (TPSA) is 69.0 Å². The number of ether oxygens (including phenoxy) is 3. The molecule has 8 heteroatoms. The zero-order valence-electron chi connectivity index (χ0n) is 19.5. The highest BCUT2D eigenvalue weighted by atomic mass is 19.1. The number of hydrogen-bond acceptors (Lipinski definition) is 6. The van der Waals surface area contributed by atoms with E-state index < -0.39 is 11.4 Å². The van der Waals surface area contributed by atoms with Crippen LogP contribution in [0.3, 0.4) is 0 Å². The summed E-state index contributed by atoms with van der Waals surface area (Å²) in [4.78, 5) is 6.36. The van der Waals surface area contributed by atoms with E-state index in [2.05, 4.69) is 9.88 Å². The summed E-state index contributed by atoms with van der Waals surface area (Å²) in [6.07, 6.45) is 7.42. The summed E-state index contributed by atoms with van der Waals surface area (Å²) in [6, 6.07) is 12.3. The highest BCUT2D eigenvalue weighted by molar-refractivity contribution is 5.43. The summed E-state index contributed by atoms with van der Waals surface area (Å²) in [5.41, 5.74) is 0.143. The van der Waals surface area contributed by atoms with Crippen molar-refractivity contribution in [3.63, 3.8) is 0 Å². The van der Waals surface area contributed by atoms with Gasteiger partial charge in [-0.05, 0) is 55.6 Å². The van der Waals surface area contributed by atoms with Crippen molar-refractivity contribution in [1.29, 1.82) is 0 Å². The summed E-state index contributed by atoms with van der Waals surface area (Å²) in [7, 11) is 1.64. The molecule has 1 saturated heterocycles. The monoisotopic (exact) mass is 469 g/mol. The fourth-order valence-electron chi connectivity index (χ4n) is 4.18. The van der Waals surface area contributed by atoms with Crippen LogP contribution in [0, 0.1) is 5.82 Å². The second-order valence-electron chi connectivity index (χ2n) is 8.71. The first-order chi connectivity index (χ1) is 16.5. The quantitative estimate of drug-likeness (QED) is 0.486. The van der Waals surface area contributed by atoms with E-state index >= 15 is 0 Å². The molecule has 1 aromatic heterocycles. The molecule has 4 rings (SSSR count). The summed E-state index contributed by atoms with van der Waals surface area (Å²) < 4.78 is 32.9. The van der Waals surface area contributed by atoms with Gasteiger partial charge in [0.05, 0.1) is 25.6 Å². The molecule has 0 spiro atoms. The van der Waals surface area contributed by atoms with Gasteiger partial charge in [0.25, 0.3) is 0 Å². The average Bonchev–Trinajstić information content (AvgIpc) is 3.29. The van der Waals surface area contributed by atoms with Crippen molar-refractivity contribution in [2.24, 2.45) is 0 Å². The summed E-state index contributed by atoms with van der Waals surface area (Å²) >= 11 is 0. The van der Waals surface area contributed by atoms with E-state index in [1.54, 1.807) is 37.8 Å². The van der Waals surface area contributed by atoms with Crippen LogP contribution in [0.2, 0.25) is 0 Å². The van der Waals surface area contributed by atoms with Crippen LogP contribution in [-0.4, -0.2) is 58.6 Å². The molecule has 1 N–H and O–H groups in total. The van der Waals surface area contributed by atoms with Crippen molar-refractivity contribution >= 4 is 0 Å². The smallest absolute Gasteiger partial charge is 0.165 e. The van der Waals surface area contributed by atoms with E-state index in [0.717, 1.165) is 31.6 Å². The molecule has 0 radical (unpaired) electrons. The Labute approximate surface area is 199 Å². The maximum Gasteiger partial charge on any atom is 0.165 e. The Morgan fingerprint density at radius 3 is 2.74 bits per heavy atom. The lowest BCUT2D eigenvalue weighted by Gasteiger charge is -2.27. The molecule has 182 valence electrons. The van der Waals surface area contributed by atoms with Gasteiger partial charge in [0.15, 0.2) is 23.1 Å². The van der Waals surface area contributed by atoms with Gasteiger partial charge in [-0.3, -0.25) is 4.90 Å². The van der Waals surface area contributed by atoms with E-state index in [-0.39, 0.29) is 12.4 Å². The Kier molecular flexibility index (Phi) is 8.03. The maximum atomic E-state index is 13.9. The molecule has 1 fully saturated rings. The number of imidazole rings is 1. The van der Waals surface area contributed by atoms with Gasteiger partial charge in [0.1, 0.15) is 13.2 Å². The van der Waals surface area contributed by atoms with Crippen molar-refractivity contribution in [2.45, 2.75) is 38.0 Å². The second-order valence-corrected chi connectivity index (χ2v) is 8.71. The number of rotatable bonds is 10. The van der Waals surface area contributed by atoms with Crippen LogP contribution >= 0.6 is 0 Å². The molecule has 0 aliphatic carbocycles. The van der Waals surface area contributed by atoms with Gasteiger partial charge in [0.2, 0.25) is 0 Å². The molecule has 7 nitrogen and oxygen atoms in total. The zero-order valence-corrected chi connectivity index (χ0v) is 19.5. The minimum Gasteiger partial charge on any atom is -0.493 e. The summed E-state index contributed by atoms with van der Waals surface area (Å²) in [5, 5.41) is 11.1. The molecule has 0 amide bonds. The van der Waals surface area contributed by atoms with Crippen molar-refractivity contribution in [3.05, 3.63) is 72.6 Å². The first-order valence-corrected chi connectivity index (χ1v) is 11.6. The van der Waals surface area contributed by atoms with Crippen LogP contribution in [-0.2, 0) is 13.1 Å². The third-order valence-corrected chi connectivity index (χ3v) is 6.14. The first-order valence-electron chi connectivity index (χ1n) is 11.6. The number of benzene rings is 2. The molecule has 2 aromatic carbocycles. The molecular weight excluding hydrogens is 437 g/mol. The number of aliphatic hydroxyl groups is 1. The zero-order chi connectivity index (χ0) is 23.8. The molecule has 34 heavy (non-hydrogen) atoms. The molecule has 0 saturated carbocycles. The third-order valence-electron chi connectivity index (χ3n) is 6.14. The summed E-state index contributed by atoms with van der Waals surface area (Å²) in [5.74, 6) is 1.18. The molecule has 3 aromatic rings. The predicted molar refractivity (Wildman–Crippen MR) is 127 cm³/mol. The fourth-order valence-corrected chi connectivity index (χ4v) is 4.18. The molecule has 1 aliphatic heterocycles. The minimum absolute atomic E-state index is 0.0826.